The van der Waals surface area contributed by atoms with Crippen molar-refractivity contribution in [2.24, 2.45) is 5.73 Å². The number of amides is 1. The fourth-order valence-corrected chi connectivity index (χ4v) is 4.26. The molecular formula is C22H13Cl3N2O3. The summed E-state index contributed by atoms with van der Waals surface area (Å²) in [5.41, 5.74) is 8.72. The van der Waals surface area contributed by atoms with Crippen LogP contribution in [0.3, 0.4) is 0 Å². The van der Waals surface area contributed by atoms with Gasteiger partial charge in [0.2, 0.25) is 5.91 Å². The molecule has 0 spiro atoms. The fourth-order valence-electron chi connectivity index (χ4n) is 3.40. The molecule has 0 aliphatic carbocycles. The van der Waals surface area contributed by atoms with Crippen molar-refractivity contribution in [2.45, 2.75) is 0 Å². The van der Waals surface area contributed by atoms with Gasteiger partial charge in [0.1, 0.15) is 0 Å². The first kappa shape index (κ1) is 20.3. The zero-order chi connectivity index (χ0) is 21.6. The third kappa shape index (κ3) is 3.41. The molecule has 1 heterocycles. The molecule has 0 fully saturated rings. The van der Waals surface area contributed by atoms with Crippen LogP contribution in [0.1, 0.15) is 20.7 Å². The van der Waals surface area contributed by atoms with Gasteiger partial charge in [-0.25, -0.2) is 4.79 Å². The molecule has 150 valence electrons. The minimum absolute atomic E-state index is 0.115. The number of carboxylic acids is 1. The van der Waals surface area contributed by atoms with E-state index >= 15 is 0 Å². The number of rotatable bonds is 4. The molecule has 1 aromatic heterocycles. The maximum absolute atomic E-state index is 11.5. The molecule has 4 N–H and O–H groups in total. The first-order valence-electron chi connectivity index (χ1n) is 8.71. The summed E-state index contributed by atoms with van der Waals surface area (Å²) in [6.07, 6.45) is 0. The predicted molar refractivity (Wildman–Crippen MR) is 120 cm³/mol. The van der Waals surface area contributed by atoms with Gasteiger partial charge < -0.3 is 15.8 Å². The smallest absolute Gasteiger partial charge is 0.335 e. The van der Waals surface area contributed by atoms with E-state index in [4.69, 9.17) is 40.5 Å². The number of aromatic nitrogens is 1. The summed E-state index contributed by atoms with van der Waals surface area (Å²) in [6, 6.07) is 14.6. The summed E-state index contributed by atoms with van der Waals surface area (Å²) >= 11 is 19.4. The number of benzene rings is 3. The minimum Gasteiger partial charge on any atom is -0.478 e. The van der Waals surface area contributed by atoms with E-state index in [1.165, 1.54) is 12.1 Å². The van der Waals surface area contributed by atoms with Gasteiger partial charge in [0.15, 0.2) is 0 Å². The van der Waals surface area contributed by atoms with Gasteiger partial charge in [0.25, 0.3) is 0 Å². The summed E-state index contributed by atoms with van der Waals surface area (Å²) in [5, 5.41) is 11.2. The number of halogens is 3. The van der Waals surface area contributed by atoms with Gasteiger partial charge in [-0.2, -0.15) is 0 Å². The van der Waals surface area contributed by atoms with Crippen molar-refractivity contribution < 1.29 is 14.7 Å². The number of hydrogen-bond donors (Lipinski definition) is 3. The predicted octanol–water partition coefficient (Wildman–Crippen LogP) is 6.26. The Labute approximate surface area is 186 Å². The van der Waals surface area contributed by atoms with Crippen molar-refractivity contribution in [3.8, 4) is 22.4 Å². The van der Waals surface area contributed by atoms with Crippen LogP contribution in [0, 0.1) is 0 Å². The summed E-state index contributed by atoms with van der Waals surface area (Å²) in [5.74, 6) is -1.67. The molecule has 0 saturated heterocycles. The van der Waals surface area contributed by atoms with Gasteiger partial charge in [0, 0.05) is 38.2 Å². The van der Waals surface area contributed by atoms with Gasteiger partial charge in [-0.1, -0.05) is 46.9 Å². The van der Waals surface area contributed by atoms with Gasteiger partial charge >= 0.3 is 5.97 Å². The molecule has 0 atom stereocenters. The van der Waals surface area contributed by atoms with Crippen molar-refractivity contribution in [1.82, 2.24) is 4.98 Å². The van der Waals surface area contributed by atoms with Gasteiger partial charge in [0.05, 0.1) is 21.3 Å². The van der Waals surface area contributed by atoms with Crippen LogP contribution in [-0.2, 0) is 0 Å². The topological polar surface area (TPSA) is 96.2 Å². The molecule has 1 amide bonds. The highest BCUT2D eigenvalue weighted by molar-refractivity contribution is 6.40. The number of primary amides is 1. The summed E-state index contributed by atoms with van der Waals surface area (Å²) in [6.45, 7) is 0. The van der Waals surface area contributed by atoms with Crippen LogP contribution >= 0.6 is 34.8 Å². The number of aromatic amines is 1. The van der Waals surface area contributed by atoms with Crippen LogP contribution in [0.2, 0.25) is 15.1 Å². The molecule has 0 saturated carbocycles. The largest absolute Gasteiger partial charge is 0.478 e. The van der Waals surface area contributed by atoms with Crippen molar-refractivity contribution in [1.29, 1.82) is 0 Å². The van der Waals surface area contributed by atoms with Crippen LogP contribution in [-0.4, -0.2) is 22.0 Å². The molecule has 0 aliphatic heterocycles. The second-order valence-corrected chi connectivity index (χ2v) is 7.82. The Balaban J connectivity index is 2.11. The highest BCUT2D eigenvalue weighted by Gasteiger charge is 2.22. The number of carbonyl (C=O) groups excluding carboxylic acids is 1. The van der Waals surface area contributed by atoms with Crippen LogP contribution in [0.25, 0.3) is 33.3 Å². The number of aromatic carboxylic acids is 1. The van der Waals surface area contributed by atoms with Crippen molar-refractivity contribution in [2.75, 3.05) is 0 Å². The van der Waals surface area contributed by atoms with Crippen molar-refractivity contribution >= 4 is 57.6 Å². The Hall–Kier alpha value is -2.99. The van der Waals surface area contributed by atoms with Gasteiger partial charge in [-0.05, 0) is 42.5 Å². The number of nitrogens with two attached hydrogens (primary N) is 1. The molecular weight excluding hydrogens is 447 g/mol. The van der Waals surface area contributed by atoms with Gasteiger partial charge in [-0.3, -0.25) is 4.79 Å². The summed E-state index contributed by atoms with van der Waals surface area (Å²) in [7, 11) is 0. The molecule has 4 aromatic rings. The fraction of sp³-hybridized carbons (Fsp3) is 0. The maximum atomic E-state index is 11.5. The van der Waals surface area contributed by atoms with E-state index < -0.39 is 11.9 Å². The number of H-pyrrole nitrogens is 1. The number of hydrogen-bond acceptors (Lipinski definition) is 2. The standard InChI is InChI=1S/C22H13Cl3N2O3/c23-14-2-1-3-15(24)19(14)20-18(12-6-4-10(21(26)28)9-16(12)25)13-8-11(22(29)30)5-7-17(13)27-20/h1-9,27H,(H2,26,28)(H,29,30). The van der Waals surface area contributed by atoms with Crippen molar-refractivity contribution in [3.63, 3.8) is 0 Å². The highest BCUT2D eigenvalue weighted by Crippen LogP contribution is 2.45. The van der Waals surface area contributed by atoms with Crippen LogP contribution in [0.15, 0.2) is 54.6 Å². The SMILES string of the molecule is NC(=O)c1ccc(-c2c(-c3c(Cl)cccc3Cl)[nH]c3ccc(C(=O)O)cc23)c(Cl)c1. The molecule has 4 rings (SSSR count). The third-order valence-electron chi connectivity index (χ3n) is 4.78. The lowest BCUT2D eigenvalue weighted by molar-refractivity contribution is 0.0697. The van der Waals surface area contributed by atoms with E-state index in [1.54, 1.807) is 42.5 Å². The minimum atomic E-state index is -1.06. The van der Waals surface area contributed by atoms with E-state index in [0.29, 0.717) is 43.3 Å². The number of fused-ring (bicyclic) bond motifs is 1. The summed E-state index contributed by atoms with van der Waals surface area (Å²) in [4.78, 5) is 26.3. The molecule has 0 unspecified atom stereocenters. The van der Waals surface area contributed by atoms with Crippen molar-refractivity contribution in [3.05, 3.63) is 80.8 Å². The Morgan fingerprint density at radius 2 is 1.50 bits per heavy atom. The average molecular weight is 460 g/mol. The van der Waals surface area contributed by atoms with Crippen LogP contribution < -0.4 is 5.73 Å². The Kier molecular flexibility index (Phi) is 5.20. The van der Waals surface area contributed by atoms with Crippen LogP contribution in [0.4, 0.5) is 0 Å². The second kappa shape index (κ2) is 7.69. The monoisotopic (exact) mass is 458 g/mol. The number of carbonyl (C=O) groups is 2. The van der Waals surface area contributed by atoms with E-state index in [0.717, 1.165) is 0 Å². The first-order valence-corrected chi connectivity index (χ1v) is 9.84. The normalized spacial score (nSPS) is 11.0. The zero-order valence-corrected chi connectivity index (χ0v) is 17.4. The second-order valence-electron chi connectivity index (χ2n) is 6.60. The van der Waals surface area contributed by atoms with E-state index in [1.807, 2.05) is 0 Å². The maximum Gasteiger partial charge on any atom is 0.335 e. The Morgan fingerprint density at radius 3 is 2.10 bits per heavy atom. The number of carboxylic acid groups (broad SMARTS) is 1. The zero-order valence-electron chi connectivity index (χ0n) is 15.2. The average Bonchev–Trinajstić information content (AvgIpc) is 3.05. The van der Waals surface area contributed by atoms with Gasteiger partial charge in [-0.15, -0.1) is 0 Å². The van der Waals surface area contributed by atoms with E-state index in [-0.39, 0.29) is 16.1 Å². The quantitative estimate of drug-likeness (QED) is 0.336. The summed E-state index contributed by atoms with van der Waals surface area (Å²) < 4.78 is 0. The Bertz CT molecular complexity index is 1320. The molecule has 8 heteroatoms. The molecule has 5 nitrogen and oxygen atoms in total. The first-order chi connectivity index (χ1) is 14.3. The lowest BCUT2D eigenvalue weighted by atomic mass is 9.96. The van der Waals surface area contributed by atoms with E-state index in [9.17, 15) is 14.7 Å². The highest BCUT2D eigenvalue weighted by atomic mass is 35.5. The van der Waals surface area contributed by atoms with Crippen LogP contribution in [0.5, 0.6) is 0 Å². The molecule has 0 aliphatic rings. The third-order valence-corrected chi connectivity index (χ3v) is 5.72. The lowest BCUT2D eigenvalue weighted by Gasteiger charge is -2.11. The number of nitrogens with one attached hydrogen (secondary N) is 1. The lowest BCUT2D eigenvalue weighted by Crippen LogP contribution is -2.10. The molecule has 3 aromatic carbocycles. The molecule has 30 heavy (non-hydrogen) atoms. The Morgan fingerprint density at radius 1 is 0.833 bits per heavy atom. The molecule has 0 bridgehead atoms. The van der Waals surface area contributed by atoms with E-state index in [2.05, 4.69) is 4.98 Å². The molecule has 0 radical (unpaired) electrons.